The van der Waals surface area contributed by atoms with Gasteiger partial charge >= 0.3 is 0 Å². The second-order valence-electron chi connectivity index (χ2n) is 7.57. The summed E-state index contributed by atoms with van der Waals surface area (Å²) in [5.41, 5.74) is 0. The summed E-state index contributed by atoms with van der Waals surface area (Å²) >= 11 is 0. The maximum atomic E-state index is 2.40. The Balaban J connectivity index is 1.40. The minimum Gasteiger partial charge on any atom is -0.0651 e. The number of hydrogen-bond acceptors (Lipinski definition) is 0. The van der Waals surface area contributed by atoms with Gasteiger partial charge in [-0.3, -0.25) is 0 Å². The molecular weight excluding hydrogens is 216 g/mol. The summed E-state index contributed by atoms with van der Waals surface area (Å²) in [7, 11) is 0. The SMILES string of the molecule is CCC1CCC1CC1CCC(C2CCCC2)CC1. The van der Waals surface area contributed by atoms with Crippen LogP contribution in [0.5, 0.6) is 0 Å². The molecule has 0 spiro atoms. The van der Waals surface area contributed by atoms with Gasteiger partial charge in [-0.25, -0.2) is 0 Å². The van der Waals surface area contributed by atoms with Crippen molar-refractivity contribution in [2.24, 2.45) is 29.6 Å². The molecular formula is C18H32. The first-order valence-electron chi connectivity index (χ1n) is 8.86. The molecule has 3 saturated carbocycles. The van der Waals surface area contributed by atoms with E-state index < -0.39 is 0 Å². The normalized spacial score (nSPS) is 41.8. The van der Waals surface area contributed by atoms with Crippen LogP contribution in [-0.4, -0.2) is 0 Å². The van der Waals surface area contributed by atoms with Crippen LogP contribution < -0.4 is 0 Å². The topological polar surface area (TPSA) is 0 Å². The summed E-state index contributed by atoms with van der Waals surface area (Å²) in [4.78, 5) is 0. The molecule has 104 valence electrons. The molecule has 0 aromatic carbocycles. The van der Waals surface area contributed by atoms with Crippen LogP contribution >= 0.6 is 0 Å². The van der Waals surface area contributed by atoms with Crippen molar-refractivity contribution in [2.45, 2.75) is 84.0 Å². The first kappa shape index (κ1) is 13.0. The molecule has 0 radical (unpaired) electrons. The van der Waals surface area contributed by atoms with E-state index in [1.165, 1.54) is 19.3 Å². The van der Waals surface area contributed by atoms with E-state index in [0.717, 1.165) is 29.6 Å². The van der Waals surface area contributed by atoms with Gasteiger partial charge in [0.25, 0.3) is 0 Å². The maximum absolute atomic E-state index is 2.40. The fraction of sp³-hybridized carbons (Fsp3) is 1.00. The van der Waals surface area contributed by atoms with E-state index in [4.69, 9.17) is 0 Å². The highest BCUT2D eigenvalue weighted by Gasteiger charge is 2.34. The van der Waals surface area contributed by atoms with Crippen molar-refractivity contribution in [2.75, 3.05) is 0 Å². The van der Waals surface area contributed by atoms with Crippen molar-refractivity contribution in [3.05, 3.63) is 0 Å². The van der Waals surface area contributed by atoms with Gasteiger partial charge in [0.15, 0.2) is 0 Å². The zero-order chi connectivity index (χ0) is 12.4. The largest absolute Gasteiger partial charge is 0.0651 e. The van der Waals surface area contributed by atoms with E-state index >= 15 is 0 Å². The van der Waals surface area contributed by atoms with Gasteiger partial charge < -0.3 is 0 Å². The van der Waals surface area contributed by atoms with Gasteiger partial charge in [-0.15, -0.1) is 0 Å². The Morgan fingerprint density at radius 1 is 0.667 bits per heavy atom. The average molecular weight is 248 g/mol. The van der Waals surface area contributed by atoms with Crippen LogP contribution in [-0.2, 0) is 0 Å². The average Bonchev–Trinajstić information content (AvgIpc) is 2.90. The van der Waals surface area contributed by atoms with Gasteiger partial charge in [0.2, 0.25) is 0 Å². The lowest BCUT2D eigenvalue weighted by atomic mass is 9.65. The fourth-order valence-electron chi connectivity index (χ4n) is 5.24. The van der Waals surface area contributed by atoms with Gasteiger partial charge in [0, 0.05) is 0 Å². The number of rotatable bonds is 4. The Kier molecular flexibility index (Phi) is 4.31. The standard InChI is InChI=1S/C18H32/c1-2-15-11-12-18(15)13-14-7-9-17(10-8-14)16-5-3-4-6-16/h14-18H,2-13H2,1H3. The van der Waals surface area contributed by atoms with E-state index in [9.17, 15) is 0 Å². The van der Waals surface area contributed by atoms with Gasteiger partial charge in [-0.1, -0.05) is 51.9 Å². The van der Waals surface area contributed by atoms with Gasteiger partial charge in [-0.2, -0.15) is 0 Å². The third-order valence-electron chi connectivity index (χ3n) is 6.69. The molecule has 0 N–H and O–H groups in total. The molecule has 0 heteroatoms. The van der Waals surface area contributed by atoms with E-state index in [2.05, 4.69) is 6.92 Å². The predicted molar refractivity (Wildman–Crippen MR) is 78.5 cm³/mol. The smallest absolute Gasteiger partial charge is 0.0383 e. The Hall–Kier alpha value is 0. The minimum atomic E-state index is 1.11. The van der Waals surface area contributed by atoms with Crippen LogP contribution in [0.3, 0.4) is 0 Å². The van der Waals surface area contributed by atoms with E-state index in [1.807, 2.05) is 0 Å². The number of hydrogen-bond donors (Lipinski definition) is 0. The van der Waals surface area contributed by atoms with E-state index in [1.54, 1.807) is 57.8 Å². The molecule has 3 aliphatic carbocycles. The van der Waals surface area contributed by atoms with Crippen molar-refractivity contribution in [3.8, 4) is 0 Å². The summed E-state index contributed by atoms with van der Waals surface area (Å²) in [6, 6.07) is 0. The Morgan fingerprint density at radius 2 is 1.28 bits per heavy atom. The molecule has 3 aliphatic rings. The highest BCUT2D eigenvalue weighted by molar-refractivity contribution is 4.85. The van der Waals surface area contributed by atoms with Crippen molar-refractivity contribution in [1.29, 1.82) is 0 Å². The lowest BCUT2D eigenvalue weighted by Gasteiger charge is -2.40. The maximum Gasteiger partial charge on any atom is -0.0383 e. The summed E-state index contributed by atoms with van der Waals surface area (Å²) in [5.74, 6) is 5.62. The van der Waals surface area contributed by atoms with Gasteiger partial charge in [0.1, 0.15) is 0 Å². The molecule has 0 aromatic rings. The van der Waals surface area contributed by atoms with Crippen molar-refractivity contribution < 1.29 is 0 Å². The third-order valence-corrected chi connectivity index (χ3v) is 6.69. The monoisotopic (exact) mass is 248 g/mol. The molecule has 3 rings (SSSR count). The fourth-order valence-corrected chi connectivity index (χ4v) is 5.24. The molecule has 0 heterocycles. The molecule has 2 unspecified atom stereocenters. The molecule has 0 bridgehead atoms. The van der Waals surface area contributed by atoms with Crippen LogP contribution in [0.2, 0.25) is 0 Å². The lowest BCUT2D eigenvalue weighted by molar-refractivity contribution is 0.108. The third kappa shape index (κ3) is 2.78. The quantitative estimate of drug-likeness (QED) is 0.589. The summed E-state index contributed by atoms with van der Waals surface area (Å²) in [6.07, 6.45) is 18.7. The van der Waals surface area contributed by atoms with Crippen LogP contribution in [0.25, 0.3) is 0 Å². The molecule has 0 saturated heterocycles. The second-order valence-corrected chi connectivity index (χ2v) is 7.57. The molecule has 0 nitrogen and oxygen atoms in total. The van der Waals surface area contributed by atoms with Crippen molar-refractivity contribution in [3.63, 3.8) is 0 Å². The Morgan fingerprint density at radius 3 is 1.83 bits per heavy atom. The molecule has 0 amide bonds. The van der Waals surface area contributed by atoms with E-state index in [0.29, 0.717) is 0 Å². The Labute approximate surface area is 114 Å². The van der Waals surface area contributed by atoms with Crippen molar-refractivity contribution in [1.82, 2.24) is 0 Å². The summed E-state index contributed by atoms with van der Waals surface area (Å²) in [6.45, 7) is 2.40. The molecule has 3 fully saturated rings. The second kappa shape index (κ2) is 5.97. The molecule has 0 aromatic heterocycles. The summed E-state index contributed by atoms with van der Waals surface area (Å²) in [5, 5.41) is 0. The van der Waals surface area contributed by atoms with E-state index in [-0.39, 0.29) is 0 Å². The van der Waals surface area contributed by atoms with Gasteiger partial charge in [0.05, 0.1) is 0 Å². The van der Waals surface area contributed by atoms with Crippen LogP contribution in [0.1, 0.15) is 84.0 Å². The first-order chi connectivity index (χ1) is 8.86. The van der Waals surface area contributed by atoms with Crippen molar-refractivity contribution >= 4 is 0 Å². The molecule has 18 heavy (non-hydrogen) atoms. The minimum absolute atomic E-state index is 1.11. The van der Waals surface area contributed by atoms with Crippen LogP contribution in [0.4, 0.5) is 0 Å². The first-order valence-corrected chi connectivity index (χ1v) is 8.86. The highest BCUT2D eigenvalue weighted by Crippen LogP contribution is 2.46. The molecule has 0 aliphatic heterocycles. The zero-order valence-electron chi connectivity index (χ0n) is 12.4. The summed E-state index contributed by atoms with van der Waals surface area (Å²) < 4.78 is 0. The Bertz CT molecular complexity index is 241. The van der Waals surface area contributed by atoms with Gasteiger partial charge in [-0.05, 0) is 61.7 Å². The molecule has 2 atom stereocenters. The van der Waals surface area contributed by atoms with Crippen LogP contribution in [0, 0.1) is 29.6 Å². The lowest BCUT2D eigenvalue weighted by Crippen LogP contribution is -2.29. The predicted octanol–water partition coefficient (Wildman–Crippen LogP) is 5.81. The van der Waals surface area contributed by atoms with Crippen LogP contribution in [0.15, 0.2) is 0 Å². The zero-order valence-corrected chi connectivity index (χ0v) is 12.4. The highest BCUT2D eigenvalue weighted by atomic mass is 14.4.